The molecule has 8 heteroatoms. The van der Waals surface area contributed by atoms with Crippen molar-refractivity contribution in [2.24, 2.45) is 5.92 Å². The third-order valence-electron chi connectivity index (χ3n) is 4.26. The molecule has 0 aliphatic carbocycles. The number of anilines is 1. The summed E-state index contributed by atoms with van der Waals surface area (Å²) >= 11 is 0. The Bertz CT molecular complexity index is 736. The summed E-state index contributed by atoms with van der Waals surface area (Å²) in [5.74, 6) is -0.268. The number of rotatable bonds is 3. The lowest BCUT2D eigenvalue weighted by atomic mass is 9.89. The first-order valence-electron chi connectivity index (χ1n) is 7.80. The third-order valence-corrected chi connectivity index (χ3v) is 4.26. The van der Waals surface area contributed by atoms with Crippen molar-refractivity contribution in [1.82, 2.24) is 10.2 Å². The van der Waals surface area contributed by atoms with E-state index in [1.165, 1.54) is 30.3 Å². The number of alkyl halides is 3. The summed E-state index contributed by atoms with van der Waals surface area (Å²) in [5.41, 5.74) is -0.563. The highest BCUT2D eigenvalue weighted by Crippen LogP contribution is 2.29. The molecule has 2 heterocycles. The molecule has 0 radical (unpaired) electrons. The van der Waals surface area contributed by atoms with Crippen LogP contribution in [-0.4, -0.2) is 29.1 Å². The summed E-state index contributed by atoms with van der Waals surface area (Å²) in [5, 5.41) is 6.85. The Balaban J connectivity index is 1.61. The Morgan fingerprint density at radius 2 is 1.64 bits per heavy atom. The van der Waals surface area contributed by atoms with Gasteiger partial charge in [0.2, 0.25) is 0 Å². The van der Waals surface area contributed by atoms with Crippen molar-refractivity contribution in [3.63, 3.8) is 0 Å². The zero-order valence-electron chi connectivity index (χ0n) is 13.1. The molecule has 0 unspecified atom stereocenters. The van der Waals surface area contributed by atoms with Crippen molar-refractivity contribution in [2.45, 2.75) is 19.0 Å². The molecule has 0 saturated carbocycles. The van der Waals surface area contributed by atoms with E-state index in [1.54, 1.807) is 0 Å². The van der Waals surface area contributed by atoms with Crippen molar-refractivity contribution in [2.75, 3.05) is 18.0 Å². The fourth-order valence-corrected chi connectivity index (χ4v) is 2.87. The van der Waals surface area contributed by atoms with E-state index in [4.69, 9.17) is 0 Å². The lowest BCUT2D eigenvalue weighted by Gasteiger charge is -2.31. The number of carbonyl (C=O) groups excluding carboxylic acids is 1. The maximum absolute atomic E-state index is 12.9. The first-order valence-corrected chi connectivity index (χ1v) is 7.80. The van der Waals surface area contributed by atoms with Crippen LogP contribution in [0.15, 0.2) is 36.4 Å². The van der Waals surface area contributed by atoms with Crippen LogP contribution in [0.3, 0.4) is 0 Å². The summed E-state index contributed by atoms with van der Waals surface area (Å²) in [6.07, 6.45) is -3.40. The van der Waals surface area contributed by atoms with E-state index in [0.717, 1.165) is 6.07 Å². The van der Waals surface area contributed by atoms with Gasteiger partial charge in [0.25, 0.3) is 0 Å². The molecule has 0 amide bonds. The average molecular weight is 353 g/mol. The highest BCUT2D eigenvalue weighted by Gasteiger charge is 2.33. The molecule has 3 rings (SSSR count). The zero-order valence-corrected chi connectivity index (χ0v) is 13.1. The second-order valence-corrected chi connectivity index (χ2v) is 5.91. The minimum atomic E-state index is -4.51. The van der Waals surface area contributed by atoms with Crippen molar-refractivity contribution < 1.29 is 22.4 Å². The Morgan fingerprint density at radius 1 is 1.00 bits per heavy atom. The van der Waals surface area contributed by atoms with E-state index in [-0.39, 0.29) is 11.7 Å². The molecular weight excluding hydrogens is 338 g/mol. The van der Waals surface area contributed by atoms with Crippen molar-refractivity contribution in [3.05, 3.63) is 53.5 Å². The van der Waals surface area contributed by atoms with Gasteiger partial charge < -0.3 is 4.90 Å². The molecule has 1 aromatic heterocycles. The molecule has 0 spiro atoms. The van der Waals surface area contributed by atoms with Crippen LogP contribution < -0.4 is 4.90 Å². The van der Waals surface area contributed by atoms with Crippen LogP contribution in [0.4, 0.5) is 23.4 Å². The number of ketones is 1. The van der Waals surface area contributed by atoms with E-state index in [9.17, 15) is 22.4 Å². The van der Waals surface area contributed by atoms with Gasteiger partial charge in [0.05, 0.1) is 0 Å². The molecule has 1 aliphatic heterocycles. The lowest BCUT2D eigenvalue weighted by Crippen LogP contribution is -2.37. The standard InChI is InChI=1S/C17H15F4N3O/c18-13-3-1-11(2-4-13)16(25)12-7-9-24(10-8-12)15-6-5-14(22-23-15)17(19,20)21/h1-6,12H,7-10H2. The van der Waals surface area contributed by atoms with Crippen LogP contribution >= 0.6 is 0 Å². The van der Waals surface area contributed by atoms with E-state index in [2.05, 4.69) is 10.2 Å². The molecule has 1 aliphatic rings. The fraction of sp³-hybridized carbons (Fsp3) is 0.353. The summed E-state index contributed by atoms with van der Waals surface area (Å²) < 4.78 is 50.5. The number of carbonyl (C=O) groups is 1. The number of nitrogens with zero attached hydrogens (tertiary/aromatic N) is 3. The normalized spacial score (nSPS) is 16.1. The maximum Gasteiger partial charge on any atom is 0.435 e. The highest BCUT2D eigenvalue weighted by molar-refractivity contribution is 5.97. The minimum absolute atomic E-state index is 0.0434. The largest absolute Gasteiger partial charge is 0.435 e. The van der Waals surface area contributed by atoms with Crippen molar-refractivity contribution in [1.29, 1.82) is 0 Å². The third kappa shape index (κ3) is 3.94. The molecule has 0 bridgehead atoms. The molecule has 0 N–H and O–H groups in total. The van der Waals surface area contributed by atoms with Gasteiger partial charge in [-0.2, -0.15) is 13.2 Å². The number of hydrogen-bond donors (Lipinski definition) is 0. The summed E-state index contributed by atoms with van der Waals surface area (Å²) in [6.45, 7) is 0.995. The average Bonchev–Trinajstić information content (AvgIpc) is 2.61. The topological polar surface area (TPSA) is 46.1 Å². The number of piperidine rings is 1. The quantitative estimate of drug-likeness (QED) is 0.623. The van der Waals surface area contributed by atoms with Crippen LogP contribution in [0.25, 0.3) is 0 Å². The number of benzene rings is 1. The SMILES string of the molecule is O=C(c1ccc(F)cc1)C1CCN(c2ccc(C(F)(F)F)nn2)CC1. The minimum Gasteiger partial charge on any atom is -0.355 e. The molecule has 1 fully saturated rings. The zero-order chi connectivity index (χ0) is 18.0. The molecule has 0 atom stereocenters. The smallest absolute Gasteiger partial charge is 0.355 e. The van der Waals surface area contributed by atoms with Crippen LogP contribution in [0.2, 0.25) is 0 Å². The van der Waals surface area contributed by atoms with Gasteiger partial charge in [0, 0.05) is 24.6 Å². The number of aromatic nitrogens is 2. The second kappa shape index (κ2) is 6.78. The molecule has 2 aromatic rings. The van der Waals surface area contributed by atoms with Gasteiger partial charge in [-0.3, -0.25) is 4.79 Å². The van der Waals surface area contributed by atoms with Crippen molar-refractivity contribution >= 4 is 11.6 Å². The fourth-order valence-electron chi connectivity index (χ4n) is 2.87. The Kier molecular flexibility index (Phi) is 4.69. The van der Waals surface area contributed by atoms with E-state index >= 15 is 0 Å². The van der Waals surface area contributed by atoms with Crippen LogP contribution in [0, 0.1) is 11.7 Å². The van der Waals surface area contributed by atoms with E-state index in [0.29, 0.717) is 37.3 Å². The second-order valence-electron chi connectivity index (χ2n) is 5.91. The van der Waals surface area contributed by atoms with E-state index < -0.39 is 17.7 Å². The number of halogens is 4. The Hall–Kier alpha value is -2.51. The van der Waals surface area contributed by atoms with Crippen LogP contribution in [0.1, 0.15) is 28.9 Å². The molecular formula is C17H15F4N3O. The molecule has 132 valence electrons. The van der Waals surface area contributed by atoms with Crippen LogP contribution in [0.5, 0.6) is 0 Å². The van der Waals surface area contributed by atoms with Gasteiger partial charge in [-0.25, -0.2) is 4.39 Å². The van der Waals surface area contributed by atoms with E-state index in [1.807, 2.05) is 4.90 Å². The van der Waals surface area contributed by atoms with Gasteiger partial charge in [0.15, 0.2) is 17.3 Å². The monoisotopic (exact) mass is 353 g/mol. The summed E-state index contributed by atoms with van der Waals surface area (Å²) in [7, 11) is 0. The lowest BCUT2D eigenvalue weighted by molar-refractivity contribution is -0.141. The molecule has 1 saturated heterocycles. The molecule has 25 heavy (non-hydrogen) atoms. The predicted molar refractivity (Wildman–Crippen MR) is 82.7 cm³/mol. The highest BCUT2D eigenvalue weighted by atomic mass is 19.4. The van der Waals surface area contributed by atoms with Gasteiger partial charge in [-0.05, 0) is 49.2 Å². The summed E-state index contributed by atoms with van der Waals surface area (Å²) in [6, 6.07) is 7.62. The molecule has 1 aromatic carbocycles. The first-order chi connectivity index (χ1) is 11.8. The Labute approximate surface area is 141 Å². The first kappa shape index (κ1) is 17.3. The summed E-state index contributed by atoms with van der Waals surface area (Å²) in [4.78, 5) is 14.2. The predicted octanol–water partition coefficient (Wildman–Crippen LogP) is 3.73. The van der Waals surface area contributed by atoms with Gasteiger partial charge in [-0.15, -0.1) is 10.2 Å². The Morgan fingerprint density at radius 3 is 2.16 bits per heavy atom. The number of hydrogen-bond acceptors (Lipinski definition) is 4. The molecule has 4 nitrogen and oxygen atoms in total. The van der Waals surface area contributed by atoms with Gasteiger partial charge >= 0.3 is 6.18 Å². The van der Waals surface area contributed by atoms with Gasteiger partial charge in [0.1, 0.15) is 5.82 Å². The van der Waals surface area contributed by atoms with Crippen molar-refractivity contribution in [3.8, 4) is 0 Å². The van der Waals surface area contributed by atoms with Gasteiger partial charge in [-0.1, -0.05) is 0 Å². The van der Waals surface area contributed by atoms with Crippen LogP contribution in [-0.2, 0) is 6.18 Å². The maximum atomic E-state index is 12.9. The number of Topliss-reactive ketones (excluding diaryl/α,β-unsaturated/α-hetero) is 1.